The van der Waals surface area contributed by atoms with Crippen molar-refractivity contribution in [3.8, 4) is 0 Å². The molecule has 0 aliphatic heterocycles. The van der Waals surface area contributed by atoms with E-state index in [1.54, 1.807) is 13.8 Å². The summed E-state index contributed by atoms with van der Waals surface area (Å²) in [6.07, 6.45) is 0. The fraction of sp³-hybridized carbons (Fsp3) is 1.00. The van der Waals surface area contributed by atoms with Gasteiger partial charge in [-0.15, -0.1) is 0 Å². The highest BCUT2D eigenvalue weighted by atomic mass is 35.6. The molecule has 66 valence electrons. The molecule has 0 heterocycles. The van der Waals surface area contributed by atoms with Crippen molar-refractivity contribution in [3.05, 3.63) is 0 Å². The second-order valence-electron chi connectivity index (χ2n) is 0.880. The van der Waals surface area contributed by atoms with Gasteiger partial charge in [0.2, 0.25) is 0 Å². The molecule has 0 fully saturated rings. The van der Waals surface area contributed by atoms with Crippen LogP contribution in [0.25, 0.3) is 0 Å². The lowest BCUT2D eigenvalue weighted by Crippen LogP contribution is -1.57. The lowest BCUT2D eigenvalue weighted by atomic mass is 10.9. The van der Waals surface area contributed by atoms with Crippen LogP contribution in [0, 0.1) is 0 Å². The van der Waals surface area contributed by atoms with Crippen molar-refractivity contribution in [2.24, 2.45) is 0 Å². The fourth-order valence-electron chi connectivity index (χ4n) is 0. The Balaban J connectivity index is -0.0000000750. The van der Waals surface area contributed by atoms with Crippen LogP contribution < -0.4 is 0 Å². The molecule has 0 aromatic carbocycles. The van der Waals surface area contributed by atoms with E-state index in [1.807, 2.05) is 0 Å². The summed E-state index contributed by atoms with van der Waals surface area (Å²) in [5.74, 6) is 0. The SMILES string of the molecule is CCO.CCO.ClC(Cl)Cl. The number of aliphatic hydroxyl groups excluding tert-OH is 2. The number of hydrogen-bond acceptors (Lipinski definition) is 2. The van der Waals surface area contributed by atoms with Crippen molar-refractivity contribution < 1.29 is 10.2 Å². The summed E-state index contributed by atoms with van der Waals surface area (Å²) in [7, 11) is 0. The Hall–Kier alpha value is 0.790. The van der Waals surface area contributed by atoms with Crippen molar-refractivity contribution in [2.75, 3.05) is 13.2 Å². The van der Waals surface area contributed by atoms with Crippen LogP contribution in [-0.4, -0.2) is 27.7 Å². The summed E-state index contributed by atoms with van der Waals surface area (Å²) in [6, 6.07) is 0. The second kappa shape index (κ2) is 22.6. The first-order chi connectivity index (χ1) is 4.56. The van der Waals surface area contributed by atoms with E-state index in [-0.39, 0.29) is 13.2 Å². The molecule has 5 heteroatoms. The standard InChI is InChI=1S/2C2H6O.CHCl3/c2*1-2-3;2-1(3)4/h2*3H,2H2,1H3;1H. The molecule has 0 aliphatic rings. The van der Waals surface area contributed by atoms with Crippen LogP contribution in [0.15, 0.2) is 0 Å². The van der Waals surface area contributed by atoms with E-state index in [0.717, 1.165) is 0 Å². The Kier molecular flexibility index (Phi) is 38.5. The van der Waals surface area contributed by atoms with E-state index in [0.29, 0.717) is 0 Å². The molecule has 0 amide bonds. The van der Waals surface area contributed by atoms with E-state index >= 15 is 0 Å². The third kappa shape index (κ3) is 855. The Morgan fingerprint density at radius 2 is 1.00 bits per heavy atom. The van der Waals surface area contributed by atoms with Crippen LogP contribution in [0.4, 0.5) is 0 Å². The van der Waals surface area contributed by atoms with Crippen molar-refractivity contribution in [2.45, 2.75) is 18.1 Å². The normalized spacial score (nSPS) is 7.20. The third-order valence-corrected chi connectivity index (χ3v) is 0. The third-order valence-electron chi connectivity index (χ3n) is 0. The first-order valence-corrected chi connectivity index (χ1v) is 4.01. The highest BCUT2D eigenvalue weighted by Gasteiger charge is 1.78. The predicted molar refractivity (Wildman–Crippen MR) is 46.9 cm³/mol. The van der Waals surface area contributed by atoms with Crippen molar-refractivity contribution >= 4 is 34.8 Å². The van der Waals surface area contributed by atoms with Gasteiger partial charge in [0, 0.05) is 13.2 Å². The quantitative estimate of drug-likeness (QED) is 0.602. The summed E-state index contributed by atoms with van der Waals surface area (Å²) in [5.41, 5.74) is 0. The van der Waals surface area contributed by atoms with Gasteiger partial charge in [0.05, 0.1) is 0 Å². The van der Waals surface area contributed by atoms with Crippen LogP contribution in [-0.2, 0) is 0 Å². The molecular weight excluding hydrogens is 198 g/mol. The van der Waals surface area contributed by atoms with Gasteiger partial charge in [-0.25, -0.2) is 0 Å². The maximum atomic E-state index is 7.57. The first kappa shape index (κ1) is 17.0. The number of rotatable bonds is 0. The van der Waals surface area contributed by atoms with Gasteiger partial charge in [-0.2, -0.15) is 0 Å². The monoisotopic (exact) mass is 210 g/mol. The molecule has 0 aromatic rings. The molecule has 0 atom stereocenters. The minimum atomic E-state index is -0.750. The minimum Gasteiger partial charge on any atom is -0.397 e. The van der Waals surface area contributed by atoms with E-state index < -0.39 is 4.30 Å². The van der Waals surface area contributed by atoms with Crippen molar-refractivity contribution in [1.29, 1.82) is 0 Å². The number of halogens is 3. The maximum Gasteiger partial charge on any atom is 0.180 e. The largest absolute Gasteiger partial charge is 0.397 e. The molecule has 0 radical (unpaired) electrons. The van der Waals surface area contributed by atoms with Crippen LogP contribution >= 0.6 is 34.8 Å². The summed E-state index contributed by atoms with van der Waals surface area (Å²) in [6.45, 7) is 3.86. The van der Waals surface area contributed by atoms with Crippen LogP contribution in [0.5, 0.6) is 0 Å². The van der Waals surface area contributed by atoms with E-state index in [1.165, 1.54) is 0 Å². The Morgan fingerprint density at radius 3 is 1.00 bits per heavy atom. The zero-order valence-corrected chi connectivity index (χ0v) is 8.29. The smallest absolute Gasteiger partial charge is 0.180 e. The Bertz CT molecular complexity index is 31.3. The zero-order valence-electron chi connectivity index (χ0n) is 6.02. The van der Waals surface area contributed by atoms with Gasteiger partial charge in [0.15, 0.2) is 4.30 Å². The number of alkyl halides is 3. The average Bonchev–Trinajstić information content (AvgIpc) is 1.65. The first-order valence-electron chi connectivity index (χ1n) is 2.70. The molecule has 0 bridgehead atoms. The summed E-state index contributed by atoms with van der Waals surface area (Å²) in [5, 5.41) is 15.1. The summed E-state index contributed by atoms with van der Waals surface area (Å²) < 4.78 is -0.750. The van der Waals surface area contributed by atoms with Crippen LogP contribution in [0.2, 0.25) is 0 Å². The van der Waals surface area contributed by atoms with Gasteiger partial charge < -0.3 is 10.2 Å². The molecule has 10 heavy (non-hydrogen) atoms. The molecule has 0 spiro atoms. The highest BCUT2D eigenvalue weighted by Crippen LogP contribution is 2.03. The van der Waals surface area contributed by atoms with Gasteiger partial charge in [0.1, 0.15) is 0 Å². The van der Waals surface area contributed by atoms with E-state index in [9.17, 15) is 0 Å². The van der Waals surface area contributed by atoms with Gasteiger partial charge in [-0.3, -0.25) is 0 Å². The lowest BCUT2D eigenvalue weighted by Gasteiger charge is -1.69. The molecule has 0 saturated heterocycles. The second-order valence-corrected chi connectivity index (χ2v) is 2.86. The zero-order chi connectivity index (χ0) is 8.99. The molecule has 0 aromatic heterocycles. The Labute approximate surface area is 76.7 Å². The fourth-order valence-corrected chi connectivity index (χ4v) is 0. The average molecular weight is 212 g/mol. The molecule has 0 aliphatic carbocycles. The maximum absolute atomic E-state index is 7.57. The molecule has 2 N–H and O–H groups in total. The summed E-state index contributed by atoms with van der Waals surface area (Å²) >= 11 is 14.4. The highest BCUT2D eigenvalue weighted by molar-refractivity contribution is 6.63. The topological polar surface area (TPSA) is 40.5 Å². The van der Waals surface area contributed by atoms with Gasteiger partial charge in [0.25, 0.3) is 0 Å². The number of hydrogen-bond donors (Lipinski definition) is 2. The van der Waals surface area contributed by atoms with Crippen LogP contribution in [0.3, 0.4) is 0 Å². The molecular formula is C5H13Cl3O2. The predicted octanol–water partition coefficient (Wildman–Crippen LogP) is 1.98. The lowest BCUT2D eigenvalue weighted by molar-refractivity contribution is 0.318. The molecule has 0 rings (SSSR count). The molecule has 2 nitrogen and oxygen atoms in total. The summed E-state index contributed by atoms with van der Waals surface area (Å²) in [4.78, 5) is 0. The minimum absolute atomic E-state index is 0.250. The molecule has 0 saturated carbocycles. The molecule has 0 unspecified atom stereocenters. The van der Waals surface area contributed by atoms with Crippen LogP contribution in [0.1, 0.15) is 13.8 Å². The van der Waals surface area contributed by atoms with Gasteiger partial charge in [-0.1, -0.05) is 34.8 Å². The van der Waals surface area contributed by atoms with Crippen molar-refractivity contribution in [3.63, 3.8) is 0 Å². The Morgan fingerprint density at radius 1 is 1.00 bits per heavy atom. The van der Waals surface area contributed by atoms with Crippen molar-refractivity contribution in [1.82, 2.24) is 0 Å². The number of aliphatic hydroxyl groups is 2. The van der Waals surface area contributed by atoms with Gasteiger partial charge >= 0.3 is 0 Å². The van der Waals surface area contributed by atoms with E-state index in [4.69, 9.17) is 45.0 Å². The van der Waals surface area contributed by atoms with Gasteiger partial charge in [-0.05, 0) is 13.8 Å². The van der Waals surface area contributed by atoms with E-state index in [2.05, 4.69) is 0 Å².